The molecule has 1 aromatic carbocycles. The molecule has 0 radical (unpaired) electrons. The topological polar surface area (TPSA) is 40.6 Å². The van der Waals surface area contributed by atoms with Crippen molar-refractivity contribution in [2.45, 2.75) is 26.8 Å². The number of nitrogens with zero attached hydrogens (tertiary/aromatic N) is 2. The molecule has 0 N–H and O–H groups in total. The summed E-state index contributed by atoms with van der Waals surface area (Å²) in [7, 11) is 0. The molecular weight excluding hydrogens is 320 g/mol. The first-order valence-electron chi connectivity index (χ1n) is 8.15. The minimum absolute atomic E-state index is 0.0261. The van der Waals surface area contributed by atoms with Crippen molar-refractivity contribution in [3.63, 3.8) is 0 Å². The van der Waals surface area contributed by atoms with Crippen LogP contribution in [0.4, 0.5) is 0 Å². The predicted molar refractivity (Wildman–Crippen MR) is 95.9 cm³/mol. The molecule has 0 atom stereocenters. The quantitative estimate of drug-likeness (QED) is 0.857. The molecule has 1 aliphatic heterocycles. The summed E-state index contributed by atoms with van der Waals surface area (Å²) in [6, 6.07) is 8.26. The van der Waals surface area contributed by atoms with Crippen molar-refractivity contribution in [2.75, 3.05) is 19.6 Å². The Hall–Kier alpha value is -2.14. The van der Waals surface area contributed by atoms with Gasteiger partial charge in [0, 0.05) is 19.6 Å². The molecule has 126 valence electrons. The van der Waals surface area contributed by atoms with E-state index in [9.17, 15) is 9.59 Å². The molecule has 1 aromatic heterocycles. The van der Waals surface area contributed by atoms with Crippen LogP contribution >= 0.6 is 11.3 Å². The maximum absolute atomic E-state index is 12.4. The summed E-state index contributed by atoms with van der Waals surface area (Å²) in [6.07, 6.45) is 0.383. The monoisotopic (exact) mass is 342 g/mol. The van der Waals surface area contributed by atoms with Crippen LogP contribution in [-0.2, 0) is 22.6 Å². The molecule has 4 nitrogen and oxygen atoms in total. The standard InChI is InChI=1S/C19H22N2O2S/c1-14-3-4-16(9-15(14)2)11-20-6-7-21(12-19(20)23)18(22)10-17-5-8-24-13-17/h3-5,8-9,13H,6-7,10-12H2,1-2H3. The second-order valence-corrected chi connectivity index (χ2v) is 7.14. The van der Waals surface area contributed by atoms with Crippen LogP contribution in [0.25, 0.3) is 0 Å². The lowest BCUT2D eigenvalue weighted by molar-refractivity contribution is -0.145. The molecule has 5 heteroatoms. The highest BCUT2D eigenvalue weighted by Gasteiger charge is 2.27. The van der Waals surface area contributed by atoms with Crippen molar-refractivity contribution < 1.29 is 9.59 Å². The van der Waals surface area contributed by atoms with Gasteiger partial charge in [0.1, 0.15) is 0 Å². The fraction of sp³-hybridized carbons (Fsp3) is 0.368. The fourth-order valence-electron chi connectivity index (χ4n) is 2.89. The minimum Gasteiger partial charge on any atom is -0.335 e. The molecule has 2 aromatic rings. The predicted octanol–water partition coefficient (Wildman–Crippen LogP) is 2.78. The average Bonchev–Trinajstić information content (AvgIpc) is 3.05. The van der Waals surface area contributed by atoms with E-state index >= 15 is 0 Å². The lowest BCUT2D eigenvalue weighted by Gasteiger charge is -2.34. The Morgan fingerprint density at radius 2 is 1.96 bits per heavy atom. The highest BCUT2D eigenvalue weighted by Crippen LogP contribution is 2.15. The molecule has 1 fully saturated rings. The van der Waals surface area contributed by atoms with E-state index in [2.05, 4.69) is 32.0 Å². The largest absolute Gasteiger partial charge is 0.335 e. The number of carbonyl (C=O) groups excluding carboxylic acids is 2. The molecule has 0 bridgehead atoms. The van der Waals surface area contributed by atoms with E-state index in [0.29, 0.717) is 26.1 Å². The van der Waals surface area contributed by atoms with Gasteiger partial charge in [-0.25, -0.2) is 0 Å². The number of aryl methyl sites for hydroxylation is 2. The number of piperazine rings is 1. The normalized spacial score (nSPS) is 15.0. The Morgan fingerprint density at radius 3 is 2.62 bits per heavy atom. The van der Waals surface area contributed by atoms with Crippen LogP contribution in [0.3, 0.4) is 0 Å². The zero-order valence-corrected chi connectivity index (χ0v) is 14.9. The molecule has 0 unspecified atom stereocenters. The third-order valence-electron chi connectivity index (χ3n) is 4.55. The molecule has 0 aliphatic carbocycles. The molecule has 24 heavy (non-hydrogen) atoms. The summed E-state index contributed by atoms with van der Waals surface area (Å²) in [5.41, 5.74) is 4.66. The molecule has 1 saturated heterocycles. The molecule has 2 amide bonds. The van der Waals surface area contributed by atoms with E-state index in [1.165, 1.54) is 11.1 Å². The number of benzene rings is 1. The van der Waals surface area contributed by atoms with E-state index in [1.54, 1.807) is 16.2 Å². The lowest BCUT2D eigenvalue weighted by atomic mass is 10.1. The molecule has 2 heterocycles. The van der Waals surface area contributed by atoms with Crippen molar-refractivity contribution in [1.82, 2.24) is 9.80 Å². The summed E-state index contributed by atoms with van der Waals surface area (Å²) >= 11 is 1.59. The zero-order valence-electron chi connectivity index (χ0n) is 14.1. The summed E-state index contributed by atoms with van der Waals surface area (Å²) in [5.74, 6) is 0.0609. The van der Waals surface area contributed by atoms with Crippen LogP contribution in [0.15, 0.2) is 35.0 Å². The Labute approximate surface area is 146 Å². The van der Waals surface area contributed by atoms with Gasteiger partial charge in [0.2, 0.25) is 11.8 Å². The van der Waals surface area contributed by atoms with Crippen LogP contribution in [-0.4, -0.2) is 41.2 Å². The van der Waals surface area contributed by atoms with E-state index in [-0.39, 0.29) is 18.4 Å². The van der Waals surface area contributed by atoms with Crippen molar-refractivity contribution in [2.24, 2.45) is 0 Å². The van der Waals surface area contributed by atoms with Crippen LogP contribution in [0.1, 0.15) is 22.3 Å². The number of hydrogen-bond donors (Lipinski definition) is 0. The first-order valence-corrected chi connectivity index (χ1v) is 9.10. The number of carbonyl (C=O) groups is 2. The number of rotatable bonds is 4. The first-order chi connectivity index (χ1) is 11.5. The molecule has 1 aliphatic rings. The Morgan fingerprint density at radius 1 is 1.12 bits per heavy atom. The van der Waals surface area contributed by atoms with E-state index < -0.39 is 0 Å². The summed E-state index contributed by atoms with van der Waals surface area (Å²) in [6.45, 7) is 6.19. The molecule has 3 rings (SSSR count). The molecule has 0 saturated carbocycles. The Bertz CT molecular complexity index is 740. The molecular formula is C19H22N2O2S. The van der Waals surface area contributed by atoms with Crippen LogP contribution in [0.2, 0.25) is 0 Å². The SMILES string of the molecule is Cc1ccc(CN2CCN(C(=O)Cc3ccsc3)CC2=O)cc1C. The van der Waals surface area contributed by atoms with E-state index in [0.717, 1.165) is 11.1 Å². The fourth-order valence-corrected chi connectivity index (χ4v) is 3.56. The van der Waals surface area contributed by atoms with Crippen molar-refractivity contribution in [3.05, 3.63) is 57.3 Å². The average molecular weight is 342 g/mol. The third-order valence-corrected chi connectivity index (χ3v) is 5.28. The highest BCUT2D eigenvalue weighted by atomic mass is 32.1. The summed E-state index contributed by atoms with van der Waals surface area (Å²) in [4.78, 5) is 28.2. The number of thiophene rings is 1. The second-order valence-electron chi connectivity index (χ2n) is 6.36. The number of hydrogen-bond acceptors (Lipinski definition) is 3. The minimum atomic E-state index is 0.0261. The van der Waals surface area contributed by atoms with Gasteiger partial charge in [0.05, 0.1) is 13.0 Å². The summed E-state index contributed by atoms with van der Waals surface area (Å²) in [5, 5.41) is 3.95. The second kappa shape index (κ2) is 7.18. The van der Waals surface area contributed by atoms with Crippen molar-refractivity contribution in [1.29, 1.82) is 0 Å². The maximum Gasteiger partial charge on any atom is 0.242 e. The smallest absolute Gasteiger partial charge is 0.242 e. The van der Waals surface area contributed by atoms with Gasteiger partial charge in [-0.1, -0.05) is 18.2 Å². The van der Waals surface area contributed by atoms with E-state index in [4.69, 9.17) is 0 Å². The van der Waals surface area contributed by atoms with Crippen LogP contribution in [0, 0.1) is 13.8 Å². The highest BCUT2D eigenvalue weighted by molar-refractivity contribution is 7.08. The van der Waals surface area contributed by atoms with Gasteiger partial charge in [0.15, 0.2) is 0 Å². The Balaban J connectivity index is 1.57. The zero-order chi connectivity index (χ0) is 17.1. The van der Waals surface area contributed by atoms with E-state index in [1.807, 2.05) is 21.7 Å². The van der Waals surface area contributed by atoms with Gasteiger partial charge in [0.25, 0.3) is 0 Å². The van der Waals surface area contributed by atoms with Crippen molar-refractivity contribution >= 4 is 23.2 Å². The lowest BCUT2D eigenvalue weighted by Crippen LogP contribution is -2.52. The van der Waals surface area contributed by atoms with Gasteiger partial charge in [-0.15, -0.1) is 0 Å². The maximum atomic E-state index is 12.4. The van der Waals surface area contributed by atoms with Crippen LogP contribution < -0.4 is 0 Å². The summed E-state index contributed by atoms with van der Waals surface area (Å²) < 4.78 is 0. The Kier molecular flexibility index (Phi) is 5.00. The van der Waals surface area contributed by atoms with Crippen LogP contribution in [0.5, 0.6) is 0 Å². The molecule has 0 spiro atoms. The third kappa shape index (κ3) is 3.85. The van der Waals surface area contributed by atoms with Gasteiger partial charge >= 0.3 is 0 Å². The number of amides is 2. The van der Waals surface area contributed by atoms with Gasteiger partial charge in [-0.3, -0.25) is 9.59 Å². The first kappa shape index (κ1) is 16.7. The van der Waals surface area contributed by atoms with Gasteiger partial charge < -0.3 is 9.80 Å². The van der Waals surface area contributed by atoms with Crippen molar-refractivity contribution in [3.8, 4) is 0 Å². The van der Waals surface area contributed by atoms with Gasteiger partial charge in [-0.05, 0) is 52.9 Å². The van der Waals surface area contributed by atoms with Gasteiger partial charge in [-0.2, -0.15) is 11.3 Å².